The molecule has 2 aromatic carbocycles. The molecule has 0 saturated carbocycles. The summed E-state index contributed by atoms with van der Waals surface area (Å²) in [4.78, 5) is 18.3. The molecule has 7 heteroatoms. The van der Waals surface area contributed by atoms with Gasteiger partial charge in [0.2, 0.25) is 5.91 Å². The predicted molar refractivity (Wildman–Crippen MR) is 126 cm³/mol. The molecule has 0 radical (unpaired) electrons. The number of nitrogens with one attached hydrogen (secondary N) is 1. The van der Waals surface area contributed by atoms with E-state index in [2.05, 4.69) is 42.4 Å². The molecule has 0 spiro atoms. The second kappa shape index (κ2) is 8.04. The lowest BCUT2D eigenvalue weighted by Gasteiger charge is -2.30. The summed E-state index contributed by atoms with van der Waals surface area (Å²) in [6.45, 7) is 6.01. The maximum Gasteiger partial charge on any atom is 0.229 e. The number of thioether (sulfide) groups is 1. The Balaban J connectivity index is 1.56. The molecule has 0 bridgehead atoms. The number of aryl methyl sites for hydroxylation is 2. The van der Waals surface area contributed by atoms with Crippen LogP contribution in [0, 0.1) is 19.7 Å². The minimum Gasteiger partial charge on any atom is -0.379 e. The first-order valence-corrected chi connectivity index (χ1v) is 11.6. The van der Waals surface area contributed by atoms with Gasteiger partial charge in [-0.3, -0.25) is 9.79 Å². The number of fused-ring (bicyclic) bond motifs is 1. The smallest absolute Gasteiger partial charge is 0.229 e. The summed E-state index contributed by atoms with van der Waals surface area (Å²) in [5.41, 5.74) is 8.53. The van der Waals surface area contributed by atoms with Gasteiger partial charge in [-0.1, -0.05) is 29.5 Å². The van der Waals surface area contributed by atoms with Crippen molar-refractivity contribution in [2.45, 2.75) is 39.2 Å². The molecular weight excluding hydrogens is 417 g/mol. The standard InChI is InChI=1S/C23H24FN3OS2/c1-13-4-7-19-16(10-13)14(2)20(30-19)12-21(28)26-15-5-6-18(24)17(11-15)23(3)8-9-29-22(25)27-23/h4-7,10-11H,8-9,12H2,1-3H3,(H2,25,27)(H,26,28). The van der Waals surface area contributed by atoms with Gasteiger partial charge < -0.3 is 11.1 Å². The van der Waals surface area contributed by atoms with Gasteiger partial charge in [-0.2, -0.15) is 0 Å². The van der Waals surface area contributed by atoms with E-state index in [0.29, 0.717) is 22.8 Å². The number of amidine groups is 1. The van der Waals surface area contributed by atoms with Crippen LogP contribution in [0.25, 0.3) is 10.1 Å². The third kappa shape index (κ3) is 4.09. The Hall–Kier alpha value is -2.38. The number of nitrogens with zero attached hydrogens (tertiary/aromatic N) is 1. The largest absolute Gasteiger partial charge is 0.379 e. The van der Waals surface area contributed by atoms with Crippen LogP contribution in [-0.4, -0.2) is 16.8 Å². The van der Waals surface area contributed by atoms with Gasteiger partial charge in [-0.25, -0.2) is 4.39 Å². The Kier molecular flexibility index (Phi) is 5.59. The average molecular weight is 442 g/mol. The second-order valence-corrected chi connectivity index (χ2v) is 10.1. The van der Waals surface area contributed by atoms with Crippen LogP contribution in [0.1, 0.15) is 34.9 Å². The lowest BCUT2D eigenvalue weighted by molar-refractivity contribution is -0.115. The topological polar surface area (TPSA) is 67.5 Å². The number of rotatable bonds is 4. The van der Waals surface area contributed by atoms with Gasteiger partial charge in [0.15, 0.2) is 5.17 Å². The van der Waals surface area contributed by atoms with Crippen LogP contribution >= 0.6 is 23.1 Å². The molecule has 1 atom stereocenters. The summed E-state index contributed by atoms with van der Waals surface area (Å²) >= 11 is 3.12. The van der Waals surface area contributed by atoms with Crippen LogP contribution in [0.15, 0.2) is 41.4 Å². The maximum atomic E-state index is 14.6. The summed E-state index contributed by atoms with van der Waals surface area (Å²) in [5.74, 6) is 0.327. The second-order valence-electron chi connectivity index (χ2n) is 7.89. The lowest BCUT2D eigenvalue weighted by Crippen LogP contribution is -2.30. The minimum atomic E-state index is -0.722. The van der Waals surface area contributed by atoms with E-state index in [4.69, 9.17) is 5.73 Å². The van der Waals surface area contributed by atoms with Crippen molar-refractivity contribution in [2.24, 2.45) is 10.7 Å². The van der Waals surface area contributed by atoms with Gasteiger partial charge in [0.25, 0.3) is 0 Å². The summed E-state index contributed by atoms with van der Waals surface area (Å²) < 4.78 is 15.8. The molecule has 0 fully saturated rings. The van der Waals surface area contributed by atoms with E-state index in [0.717, 1.165) is 16.2 Å². The van der Waals surface area contributed by atoms with Crippen molar-refractivity contribution in [1.82, 2.24) is 0 Å². The van der Waals surface area contributed by atoms with E-state index in [1.54, 1.807) is 23.5 Å². The highest BCUT2D eigenvalue weighted by Gasteiger charge is 2.32. The van der Waals surface area contributed by atoms with E-state index >= 15 is 0 Å². The van der Waals surface area contributed by atoms with E-state index in [-0.39, 0.29) is 18.1 Å². The number of amides is 1. The molecular formula is C23H24FN3OS2. The molecule has 0 saturated heterocycles. The fraction of sp³-hybridized carbons (Fsp3) is 0.304. The van der Waals surface area contributed by atoms with Crippen molar-refractivity contribution in [3.63, 3.8) is 0 Å². The van der Waals surface area contributed by atoms with Crippen LogP contribution in [0.3, 0.4) is 0 Å². The molecule has 1 aliphatic rings. The lowest BCUT2D eigenvalue weighted by atomic mass is 9.89. The highest BCUT2D eigenvalue weighted by molar-refractivity contribution is 8.13. The van der Waals surface area contributed by atoms with E-state index < -0.39 is 5.54 Å². The minimum absolute atomic E-state index is 0.119. The SMILES string of the molecule is Cc1ccc2sc(CC(=O)Nc3ccc(F)c(C4(C)CCSC(N)=N4)c3)c(C)c2c1. The fourth-order valence-electron chi connectivity index (χ4n) is 3.80. The van der Waals surface area contributed by atoms with E-state index in [1.165, 1.54) is 33.5 Å². The van der Waals surface area contributed by atoms with Gasteiger partial charge in [-0.15, -0.1) is 11.3 Å². The van der Waals surface area contributed by atoms with Gasteiger partial charge in [0.1, 0.15) is 5.82 Å². The summed E-state index contributed by atoms with van der Waals surface area (Å²) in [6, 6.07) is 11.0. The monoisotopic (exact) mass is 441 g/mol. The number of carbonyl (C=O) groups excluding carboxylic acids is 1. The molecule has 156 valence electrons. The van der Waals surface area contributed by atoms with E-state index in [1.807, 2.05) is 6.92 Å². The highest BCUT2D eigenvalue weighted by Crippen LogP contribution is 2.37. The number of carbonyl (C=O) groups is 1. The molecule has 3 N–H and O–H groups in total. The molecule has 0 aliphatic carbocycles. The fourth-order valence-corrected chi connectivity index (χ4v) is 5.97. The molecule has 2 heterocycles. The van der Waals surface area contributed by atoms with Crippen molar-refractivity contribution in [3.05, 3.63) is 63.8 Å². The zero-order valence-electron chi connectivity index (χ0n) is 17.2. The van der Waals surface area contributed by atoms with Gasteiger partial charge in [-0.05, 0) is 62.4 Å². The molecule has 1 unspecified atom stereocenters. The zero-order chi connectivity index (χ0) is 21.5. The van der Waals surface area contributed by atoms with Crippen LogP contribution in [-0.2, 0) is 16.8 Å². The van der Waals surface area contributed by atoms with Crippen LogP contribution in [0.2, 0.25) is 0 Å². The number of hydrogen-bond donors (Lipinski definition) is 2. The molecule has 4 rings (SSSR count). The number of thiophene rings is 1. The van der Waals surface area contributed by atoms with Gasteiger partial charge in [0.05, 0.1) is 12.0 Å². The Morgan fingerprint density at radius 1 is 1.27 bits per heavy atom. The van der Waals surface area contributed by atoms with Crippen molar-refractivity contribution < 1.29 is 9.18 Å². The molecule has 3 aromatic rings. The van der Waals surface area contributed by atoms with Crippen molar-refractivity contribution in [3.8, 4) is 0 Å². The summed E-state index contributed by atoms with van der Waals surface area (Å²) in [5, 5.41) is 4.59. The number of nitrogens with two attached hydrogens (primary N) is 1. The number of hydrogen-bond acceptors (Lipinski definition) is 5. The Morgan fingerprint density at radius 3 is 2.83 bits per heavy atom. The average Bonchev–Trinajstić information content (AvgIpc) is 2.98. The first-order chi connectivity index (χ1) is 14.2. The molecule has 1 aromatic heterocycles. The van der Waals surface area contributed by atoms with Crippen molar-refractivity contribution >= 4 is 49.9 Å². The van der Waals surface area contributed by atoms with Crippen LogP contribution < -0.4 is 11.1 Å². The number of aliphatic imine (C=N–C) groups is 1. The Labute approximate surface area is 183 Å². The van der Waals surface area contributed by atoms with Crippen molar-refractivity contribution in [2.75, 3.05) is 11.1 Å². The van der Waals surface area contributed by atoms with Crippen LogP contribution in [0.5, 0.6) is 0 Å². The predicted octanol–water partition coefficient (Wildman–Crippen LogP) is 5.51. The maximum absolute atomic E-state index is 14.6. The van der Waals surface area contributed by atoms with Gasteiger partial charge in [0, 0.05) is 26.6 Å². The van der Waals surface area contributed by atoms with Crippen molar-refractivity contribution in [1.29, 1.82) is 0 Å². The normalized spacial score (nSPS) is 19.0. The molecule has 1 aliphatic heterocycles. The Bertz CT molecular complexity index is 1170. The Morgan fingerprint density at radius 2 is 2.07 bits per heavy atom. The highest BCUT2D eigenvalue weighted by atomic mass is 32.2. The van der Waals surface area contributed by atoms with Gasteiger partial charge >= 0.3 is 0 Å². The first kappa shape index (κ1) is 20.9. The number of benzene rings is 2. The third-order valence-electron chi connectivity index (χ3n) is 5.54. The first-order valence-electron chi connectivity index (χ1n) is 9.82. The van der Waals surface area contributed by atoms with Crippen LogP contribution in [0.4, 0.5) is 10.1 Å². The molecule has 30 heavy (non-hydrogen) atoms. The summed E-state index contributed by atoms with van der Waals surface area (Å²) in [7, 11) is 0. The zero-order valence-corrected chi connectivity index (χ0v) is 18.8. The number of anilines is 1. The molecule has 1 amide bonds. The third-order valence-corrected chi connectivity index (χ3v) is 7.61. The molecule has 4 nitrogen and oxygen atoms in total. The number of halogens is 1. The summed E-state index contributed by atoms with van der Waals surface area (Å²) in [6.07, 6.45) is 0.975. The van der Waals surface area contributed by atoms with E-state index in [9.17, 15) is 9.18 Å². The quantitative estimate of drug-likeness (QED) is 0.561.